The number of aliphatic imine (C=N–C) groups is 1. The van der Waals surface area contributed by atoms with Crippen LogP contribution in [0.5, 0.6) is 0 Å². The van der Waals surface area contributed by atoms with Crippen LogP contribution in [0.3, 0.4) is 0 Å². The van der Waals surface area contributed by atoms with E-state index >= 15 is 0 Å². The van der Waals surface area contributed by atoms with Gasteiger partial charge < -0.3 is 0 Å². The standard InChI is InChI=1S/C20H15ClN2O2S/c1-14-2-7-17(8-3-14)22-13-15-4-11-20(19(12-15)23(24)25)26-18-9-5-16(21)6-10-18/h2-13H,1H3. The first-order valence-electron chi connectivity index (χ1n) is 7.84. The van der Waals surface area contributed by atoms with Gasteiger partial charge in [0.25, 0.3) is 5.69 Å². The lowest BCUT2D eigenvalue weighted by Crippen LogP contribution is -1.93. The average molecular weight is 383 g/mol. The molecule has 0 spiro atoms. The van der Waals surface area contributed by atoms with Crippen molar-refractivity contribution in [3.8, 4) is 0 Å². The monoisotopic (exact) mass is 382 g/mol. The molecule has 3 aromatic rings. The van der Waals surface area contributed by atoms with Gasteiger partial charge in [0.15, 0.2) is 0 Å². The molecule has 6 heteroatoms. The molecule has 0 saturated carbocycles. The van der Waals surface area contributed by atoms with Gasteiger partial charge in [-0.25, -0.2) is 0 Å². The Labute approximate surface area is 160 Å². The Bertz CT molecular complexity index is 955. The first kappa shape index (κ1) is 18.2. The predicted octanol–water partition coefficient (Wildman–Crippen LogP) is 6.46. The van der Waals surface area contributed by atoms with E-state index in [0.29, 0.717) is 15.5 Å². The lowest BCUT2D eigenvalue weighted by Gasteiger charge is -2.04. The topological polar surface area (TPSA) is 55.5 Å². The molecule has 0 atom stereocenters. The SMILES string of the molecule is Cc1ccc(N=Cc2ccc(Sc3ccc(Cl)cc3)c([N+](=O)[O-])c2)cc1. The summed E-state index contributed by atoms with van der Waals surface area (Å²) in [7, 11) is 0. The van der Waals surface area contributed by atoms with Gasteiger partial charge in [0.2, 0.25) is 0 Å². The van der Waals surface area contributed by atoms with E-state index in [9.17, 15) is 10.1 Å². The second kappa shape index (κ2) is 8.17. The van der Waals surface area contributed by atoms with E-state index in [1.165, 1.54) is 17.8 Å². The summed E-state index contributed by atoms with van der Waals surface area (Å²) < 4.78 is 0. The number of hydrogen-bond donors (Lipinski definition) is 0. The Hall–Kier alpha value is -2.63. The minimum absolute atomic E-state index is 0.0535. The van der Waals surface area contributed by atoms with E-state index in [4.69, 9.17) is 11.6 Å². The first-order valence-corrected chi connectivity index (χ1v) is 9.03. The molecule has 0 bridgehead atoms. The number of halogens is 1. The summed E-state index contributed by atoms with van der Waals surface area (Å²) in [5.41, 5.74) is 2.69. The predicted molar refractivity (Wildman–Crippen MR) is 107 cm³/mol. The highest BCUT2D eigenvalue weighted by Gasteiger charge is 2.15. The van der Waals surface area contributed by atoms with Gasteiger partial charge in [-0.1, -0.05) is 47.1 Å². The maximum atomic E-state index is 11.5. The highest BCUT2D eigenvalue weighted by atomic mass is 35.5. The largest absolute Gasteiger partial charge is 0.283 e. The molecule has 0 unspecified atom stereocenters. The number of rotatable bonds is 5. The zero-order valence-electron chi connectivity index (χ0n) is 13.9. The van der Waals surface area contributed by atoms with Gasteiger partial charge in [0.1, 0.15) is 0 Å². The average Bonchev–Trinajstić information content (AvgIpc) is 2.64. The molecule has 130 valence electrons. The van der Waals surface area contributed by atoms with E-state index in [-0.39, 0.29) is 10.6 Å². The van der Waals surface area contributed by atoms with Crippen molar-refractivity contribution in [3.05, 3.63) is 93.0 Å². The van der Waals surface area contributed by atoms with Crippen LogP contribution < -0.4 is 0 Å². The zero-order valence-corrected chi connectivity index (χ0v) is 15.5. The van der Waals surface area contributed by atoms with Crippen LogP contribution >= 0.6 is 23.4 Å². The van der Waals surface area contributed by atoms with E-state index in [1.807, 2.05) is 49.4 Å². The molecule has 26 heavy (non-hydrogen) atoms. The van der Waals surface area contributed by atoms with Crippen LogP contribution in [0.2, 0.25) is 5.02 Å². The summed E-state index contributed by atoms with van der Waals surface area (Å²) in [5.74, 6) is 0. The number of hydrogen-bond acceptors (Lipinski definition) is 4. The van der Waals surface area contributed by atoms with Crippen molar-refractivity contribution in [3.63, 3.8) is 0 Å². The summed E-state index contributed by atoms with van der Waals surface area (Å²) >= 11 is 7.21. The molecule has 3 rings (SSSR count). The van der Waals surface area contributed by atoms with Gasteiger partial charge in [-0.2, -0.15) is 0 Å². The normalized spacial score (nSPS) is 11.0. The summed E-state index contributed by atoms with van der Waals surface area (Å²) in [4.78, 5) is 16.9. The van der Waals surface area contributed by atoms with E-state index in [1.54, 1.807) is 24.4 Å². The Morgan fingerprint density at radius 2 is 1.73 bits per heavy atom. The molecule has 0 aliphatic rings. The lowest BCUT2D eigenvalue weighted by atomic mass is 10.2. The third-order valence-electron chi connectivity index (χ3n) is 3.62. The molecule has 4 nitrogen and oxygen atoms in total. The maximum absolute atomic E-state index is 11.5. The van der Waals surface area contributed by atoms with Crippen LogP contribution in [-0.2, 0) is 0 Å². The van der Waals surface area contributed by atoms with Crippen LogP contribution in [0, 0.1) is 17.0 Å². The van der Waals surface area contributed by atoms with Crippen molar-refractivity contribution in [1.82, 2.24) is 0 Å². The molecule has 0 aliphatic carbocycles. The molecule has 0 aliphatic heterocycles. The number of benzene rings is 3. The Morgan fingerprint density at radius 1 is 1.04 bits per heavy atom. The van der Waals surface area contributed by atoms with E-state index in [2.05, 4.69) is 4.99 Å². The number of aryl methyl sites for hydroxylation is 1. The molecule has 0 amide bonds. The molecule has 0 saturated heterocycles. The van der Waals surface area contributed by atoms with Gasteiger partial charge in [-0.3, -0.25) is 15.1 Å². The van der Waals surface area contributed by atoms with E-state index < -0.39 is 0 Å². The second-order valence-corrected chi connectivity index (χ2v) is 7.19. The molecular weight excluding hydrogens is 368 g/mol. The minimum atomic E-state index is -0.374. The highest BCUT2D eigenvalue weighted by molar-refractivity contribution is 7.99. The Balaban J connectivity index is 1.85. The fraction of sp³-hybridized carbons (Fsp3) is 0.0500. The molecule has 0 heterocycles. The maximum Gasteiger partial charge on any atom is 0.283 e. The molecule has 0 radical (unpaired) electrons. The number of nitro groups is 1. The summed E-state index contributed by atoms with van der Waals surface area (Å²) in [6.45, 7) is 2.01. The van der Waals surface area contributed by atoms with Gasteiger partial charge in [0, 0.05) is 22.2 Å². The summed E-state index contributed by atoms with van der Waals surface area (Å²) in [6, 6.07) is 20.1. The number of nitro benzene ring substituents is 1. The van der Waals surface area contributed by atoms with Crippen molar-refractivity contribution in [1.29, 1.82) is 0 Å². The molecular formula is C20H15ClN2O2S. The van der Waals surface area contributed by atoms with Crippen molar-refractivity contribution in [2.45, 2.75) is 16.7 Å². The fourth-order valence-electron chi connectivity index (χ4n) is 2.25. The lowest BCUT2D eigenvalue weighted by molar-refractivity contribution is -0.387. The van der Waals surface area contributed by atoms with Gasteiger partial charge >= 0.3 is 0 Å². The fourth-order valence-corrected chi connectivity index (χ4v) is 3.28. The zero-order chi connectivity index (χ0) is 18.5. The van der Waals surface area contributed by atoms with Crippen molar-refractivity contribution >= 4 is 41.0 Å². The summed E-state index contributed by atoms with van der Waals surface area (Å²) in [6.07, 6.45) is 1.63. The van der Waals surface area contributed by atoms with Crippen LogP contribution in [0.4, 0.5) is 11.4 Å². The third-order valence-corrected chi connectivity index (χ3v) is 4.94. The Morgan fingerprint density at radius 3 is 2.38 bits per heavy atom. The van der Waals surface area contributed by atoms with Crippen LogP contribution in [0.15, 0.2) is 81.5 Å². The third kappa shape index (κ3) is 4.71. The van der Waals surface area contributed by atoms with E-state index in [0.717, 1.165) is 16.1 Å². The smallest absolute Gasteiger partial charge is 0.258 e. The second-order valence-electron chi connectivity index (χ2n) is 5.63. The van der Waals surface area contributed by atoms with Gasteiger partial charge in [-0.15, -0.1) is 0 Å². The minimum Gasteiger partial charge on any atom is -0.258 e. The van der Waals surface area contributed by atoms with Crippen LogP contribution in [0.25, 0.3) is 0 Å². The van der Waals surface area contributed by atoms with Crippen molar-refractivity contribution in [2.24, 2.45) is 4.99 Å². The Kier molecular flexibility index (Phi) is 5.71. The van der Waals surface area contributed by atoms with Crippen molar-refractivity contribution < 1.29 is 4.92 Å². The molecule has 3 aromatic carbocycles. The quantitative estimate of drug-likeness (QED) is 0.289. The van der Waals surface area contributed by atoms with Gasteiger partial charge in [0.05, 0.1) is 15.5 Å². The summed E-state index contributed by atoms with van der Waals surface area (Å²) in [5, 5.41) is 12.1. The van der Waals surface area contributed by atoms with Gasteiger partial charge in [-0.05, 0) is 55.0 Å². The molecule has 0 fully saturated rings. The van der Waals surface area contributed by atoms with Crippen LogP contribution in [-0.4, -0.2) is 11.1 Å². The highest BCUT2D eigenvalue weighted by Crippen LogP contribution is 2.35. The van der Waals surface area contributed by atoms with Crippen LogP contribution in [0.1, 0.15) is 11.1 Å². The van der Waals surface area contributed by atoms with Crippen molar-refractivity contribution in [2.75, 3.05) is 0 Å². The first-order chi connectivity index (χ1) is 12.5. The molecule has 0 aromatic heterocycles. The number of nitrogens with zero attached hydrogens (tertiary/aromatic N) is 2. The molecule has 0 N–H and O–H groups in total.